The topological polar surface area (TPSA) is 95.6 Å². The first-order valence-corrected chi connectivity index (χ1v) is 6.38. The molecule has 8 nitrogen and oxygen atoms in total. The minimum absolute atomic E-state index is 0.0874. The SMILES string of the molecule is CC(=O)c1cn(CCCCn2cc(C(C)=O)nn2)nn1. The molecule has 0 aliphatic rings. The van der Waals surface area contributed by atoms with Gasteiger partial charge in [-0.2, -0.15) is 0 Å². The summed E-state index contributed by atoms with van der Waals surface area (Å²) >= 11 is 0. The first-order valence-electron chi connectivity index (χ1n) is 6.38. The third kappa shape index (κ3) is 3.56. The molecule has 0 amide bonds. The van der Waals surface area contributed by atoms with Crippen LogP contribution in [0.1, 0.15) is 47.7 Å². The van der Waals surface area contributed by atoms with Crippen LogP contribution in [0.15, 0.2) is 12.4 Å². The predicted octanol–water partition coefficient (Wildman–Crippen LogP) is 0.755. The molecule has 106 valence electrons. The molecule has 0 aliphatic heterocycles. The van der Waals surface area contributed by atoms with Crippen LogP contribution in [0, 0.1) is 0 Å². The zero-order valence-electron chi connectivity index (χ0n) is 11.5. The Morgan fingerprint density at radius 3 is 1.60 bits per heavy atom. The first kappa shape index (κ1) is 14.0. The van der Waals surface area contributed by atoms with Gasteiger partial charge in [-0.15, -0.1) is 10.2 Å². The van der Waals surface area contributed by atoms with Crippen molar-refractivity contribution in [3.63, 3.8) is 0 Å². The van der Waals surface area contributed by atoms with Crippen molar-refractivity contribution in [1.82, 2.24) is 30.0 Å². The molecule has 2 aromatic rings. The molecular weight excluding hydrogens is 260 g/mol. The molecule has 0 radical (unpaired) electrons. The monoisotopic (exact) mass is 276 g/mol. The number of Topliss-reactive ketones (excluding diaryl/α,β-unsaturated/α-hetero) is 2. The molecule has 0 saturated heterocycles. The molecule has 8 heteroatoms. The molecule has 0 N–H and O–H groups in total. The Kier molecular flexibility index (Phi) is 4.34. The van der Waals surface area contributed by atoms with Crippen LogP contribution < -0.4 is 0 Å². The van der Waals surface area contributed by atoms with Gasteiger partial charge in [-0.05, 0) is 12.8 Å². The number of unbranched alkanes of at least 4 members (excludes halogenated alkanes) is 1. The van der Waals surface area contributed by atoms with Crippen molar-refractivity contribution in [2.24, 2.45) is 0 Å². The predicted molar refractivity (Wildman–Crippen MR) is 69.3 cm³/mol. The summed E-state index contributed by atoms with van der Waals surface area (Å²) in [6, 6.07) is 0. The minimum atomic E-state index is -0.0874. The van der Waals surface area contributed by atoms with Crippen molar-refractivity contribution in [2.75, 3.05) is 0 Å². The van der Waals surface area contributed by atoms with E-state index in [4.69, 9.17) is 0 Å². The van der Waals surface area contributed by atoms with Crippen LogP contribution in [0.25, 0.3) is 0 Å². The normalized spacial score (nSPS) is 10.7. The van der Waals surface area contributed by atoms with E-state index in [1.54, 1.807) is 21.8 Å². The number of aryl methyl sites for hydroxylation is 2. The number of rotatable bonds is 7. The molecule has 20 heavy (non-hydrogen) atoms. The van der Waals surface area contributed by atoms with Gasteiger partial charge in [-0.25, -0.2) is 0 Å². The summed E-state index contributed by atoms with van der Waals surface area (Å²) in [4.78, 5) is 22.1. The molecule has 0 atom stereocenters. The lowest BCUT2D eigenvalue weighted by Crippen LogP contribution is -2.03. The van der Waals surface area contributed by atoms with Gasteiger partial charge < -0.3 is 0 Å². The molecule has 0 spiro atoms. The van der Waals surface area contributed by atoms with Gasteiger partial charge in [0.25, 0.3) is 0 Å². The van der Waals surface area contributed by atoms with Gasteiger partial charge in [0, 0.05) is 26.9 Å². The zero-order valence-corrected chi connectivity index (χ0v) is 11.5. The van der Waals surface area contributed by atoms with Gasteiger partial charge in [0.1, 0.15) is 11.4 Å². The molecule has 2 aromatic heterocycles. The Morgan fingerprint density at radius 1 is 0.900 bits per heavy atom. The number of carbonyl (C=O) groups is 2. The van der Waals surface area contributed by atoms with Crippen LogP contribution in [-0.2, 0) is 13.1 Å². The Morgan fingerprint density at radius 2 is 1.30 bits per heavy atom. The van der Waals surface area contributed by atoms with Crippen molar-refractivity contribution < 1.29 is 9.59 Å². The third-order valence-corrected chi connectivity index (χ3v) is 2.82. The van der Waals surface area contributed by atoms with E-state index in [1.165, 1.54) is 13.8 Å². The van der Waals surface area contributed by atoms with E-state index >= 15 is 0 Å². The summed E-state index contributed by atoms with van der Waals surface area (Å²) < 4.78 is 3.30. The highest BCUT2D eigenvalue weighted by Gasteiger charge is 2.06. The average molecular weight is 276 g/mol. The van der Waals surface area contributed by atoms with Crippen molar-refractivity contribution in [1.29, 1.82) is 0 Å². The fourth-order valence-corrected chi connectivity index (χ4v) is 1.69. The molecular formula is C12H16N6O2. The van der Waals surface area contributed by atoms with E-state index in [2.05, 4.69) is 20.6 Å². The van der Waals surface area contributed by atoms with Crippen molar-refractivity contribution in [3.05, 3.63) is 23.8 Å². The van der Waals surface area contributed by atoms with E-state index in [0.29, 0.717) is 24.5 Å². The highest BCUT2D eigenvalue weighted by Crippen LogP contribution is 2.01. The first-order chi connectivity index (χ1) is 9.56. The molecule has 0 aromatic carbocycles. The standard InChI is InChI=1S/C12H16N6O2/c1-9(19)11-7-17(15-13-11)5-3-4-6-18-8-12(10(2)20)14-16-18/h7-8H,3-6H2,1-2H3. The van der Waals surface area contributed by atoms with E-state index in [1.807, 2.05) is 0 Å². The number of carbonyl (C=O) groups excluding carboxylic acids is 2. The van der Waals surface area contributed by atoms with Gasteiger partial charge >= 0.3 is 0 Å². The van der Waals surface area contributed by atoms with Crippen molar-refractivity contribution in [2.45, 2.75) is 39.8 Å². The van der Waals surface area contributed by atoms with Gasteiger partial charge in [0.15, 0.2) is 11.6 Å². The van der Waals surface area contributed by atoms with Crippen LogP contribution in [0.3, 0.4) is 0 Å². The van der Waals surface area contributed by atoms with E-state index in [9.17, 15) is 9.59 Å². The zero-order chi connectivity index (χ0) is 14.5. The lowest BCUT2D eigenvalue weighted by atomic mass is 10.3. The van der Waals surface area contributed by atoms with Gasteiger partial charge in [-0.3, -0.25) is 19.0 Å². The van der Waals surface area contributed by atoms with Crippen LogP contribution in [0.2, 0.25) is 0 Å². The summed E-state index contributed by atoms with van der Waals surface area (Å²) in [5, 5.41) is 15.3. The Bertz CT molecular complexity index is 561. The van der Waals surface area contributed by atoms with Crippen LogP contribution in [0.4, 0.5) is 0 Å². The van der Waals surface area contributed by atoms with E-state index in [0.717, 1.165) is 12.8 Å². The van der Waals surface area contributed by atoms with Crippen LogP contribution >= 0.6 is 0 Å². The highest BCUT2D eigenvalue weighted by atomic mass is 16.1. The number of hydrogen-bond acceptors (Lipinski definition) is 6. The summed E-state index contributed by atoms with van der Waals surface area (Å²) in [6.45, 7) is 4.31. The average Bonchev–Trinajstić information content (AvgIpc) is 3.04. The second-order valence-electron chi connectivity index (χ2n) is 4.55. The number of nitrogens with zero attached hydrogens (tertiary/aromatic N) is 6. The number of aromatic nitrogens is 6. The highest BCUT2D eigenvalue weighted by molar-refractivity contribution is 5.91. The summed E-state index contributed by atoms with van der Waals surface area (Å²) in [5.41, 5.74) is 0.764. The smallest absolute Gasteiger partial charge is 0.181 e. The van der Waals surface area contributed by atoms with E-state index < -0.39 is 0 Å². The molecule has 0 saturated carbocycles. The Labute approximate surface area is 115 Å². The molecule has 0 fully saturated rings. The molecule has 0 unspecified atom stereocenters. The fourth-order valence-electron chi connectivity index (χ4n) is 1.69. The minimum Gasteiger partial charge on any atom is -0.293 e. The van der Waals surface area contributed by atoms with Crippen LogP contribution in [-0.4, -0.2) is 41.6 Å². The van der Waals surface area contributed by atoms with Crippen molar-refractivity contribution in [3.8, 4) is 0 Å². The second-order valence-corrected chi connectivity index (χ2v) is 4.55. The molecule has 2 heterocycles. The van der Waals surface area contributed by atoms with E-state index in [-0.39, 0.29) is 11.6 Å². The quantitative estimate of drug-likeness (QED) is 0.547. The van der Waals surface area contributed by atoms with Crippen LogP contribution in [0.5, 0.6) is 0 Å². The molecule has 2 rings (SSSR count). The maximum absolute atomic E-state index is 11.1. The van der Waals surface area contributed by atoms with Crippen molar-refractivity contribution >= 4 is 11.6 Å². The third-order valence-electron chi connectivity index (χ3n) is 2.82. The van der Waals surface area contributed by atoms with Gasteiger partial charge in [-0.1, -0.05) is 10.4 Å². The molecule has 0 bridgehead atoms. The fraction of sp³-hybridized carbons (Fsp3) is 0.500. The Hall–Kier alpha value is -2.38. The maximum Gasteiger partial charge on any atom is 0.181 e. The summed E-state index contributed by atoms with van der Waals surface area (Å²) in [5.74, 6) is -0.175. The van der Waals surface area contributed by atoms with Gasteiger partial charge in [0.2, 0.25) is 0 Å². The van der Waals surface area contributed by atoms with Gasteiger partial charge in [0.05, 0.1) is 12.4 Å². The molecule has 0 aliphatic carbocycles. The summed E-state index contributed by atoms with van der Waals surface area (Å²) in [6.07, 6.45) is 5.03. The second kappa shape index (κ2) is 6.18. The Balaban J connectivity index is 1.75. The lowest BCUT2D eigenvalue weighted by Gasteiger charge is -2.00. The lowest BCUT2D eigenvalue weighted by molar-refractivity contribution is 0.1000. The number of hydrogen-bond donors (Lipinski definition) is 0. The maximum atomic E-state index is 11.1. The number of ketones is 2. The largest absolute Gasteiger partial charge is 0.293 e. The summed E-state index contributed by atoms with van der Waals surface area (Å²) in [7, 11) is 0.